The van der Waals surface area contributed by atoms with Gasteiger partial charge in [0.05, 0.1) is 22.4 Å². The van der Waals surface area contributed by atoms with E-state index in [-0.39, 0.29) is 5.91 Å². The van der Waals surface area contributed by atoms with Crippen LogP contribution in [0.5, 0.6) is 0 Å². The number of carbonyl (C=O) groups is 1. The molecule has 0 aliphatic rings. The van der Waals surface area contributed by atoms with Gasteiger partial charge >= 0.3 is 0 Å². The van der Waals surface area contributed by atoms with Crippen molar-refractivity contribution in [3.63, 3.8) is 0 Å². The molecular formula is C26H28Cl2N6O. The summed E-state index contributed by atoms with van der Waals surface area (Å²) in [5.74, 6) is 1.63. The lowest BCUT2D eigenvalue weighted by atomic mass is 10.1. The average Bonchev–Trinajstić information content (AvgIpc) is 3.19. The van der Waals surface area contributed by atoms with Crippen molar-refractivity contribution in [1.82, 2.24) is 9.55 Å². The first-order chi connectivity index (χ1) is 17.0. The van der Waals surface area contributed by atoms with Crippen LogP contribution in [0, 0.1) is 0 Å². The maximum absolute atomic E-state index is 12.5. The summed E-state index contributed by atoms with van der Waals surface area (Å²) < 4.78 is 2.03. The molecule has 3 aromatic carbocycles. The Morgan fingerprint density at radius 2 is 1.74 bits per heavy atom. The molecule has 4 rings (SSSR count). The van der Waals surface area contributed by atoms with Gasteiger partial charge in [-0.05, 0) is 48.0 Å². The summed E-state index contributed by atoms with van der Waals surface area (Å²) in [5, 5.41) is 6.24. The number of amides is 1. The molecule has 4 N–H and O–H groups in total. The van der Waals surface area contributed by atoms with Crippen molar-refractivity contribution in [2.45, 2.75) is 6.54 Å². The third-order valence-electron chi connectivity index (χ3n) is 5.81. The number of anilines is 4. The van der Waals surface area contributed by atoms with Crippen molar-refractivity contribution < 1.29 is 4.79 Å². The smallest absolute Gasteiger partial charge is 0.255 e. The van der Waals surface area contributed by atoms with E-state index in [1.165, 1.54) is 0 Å². The second-order valence-corrected chi connectivity index (χ2v) is 8.88. The number of nitrogens with zero attached hydrogens (tertiary/aromatic N) is 3. The zero-order chi connectivity index (χ0) is 24.8. The Hall–Kier alpha value is -3.42. The molecule has 4 aromatic rings. The molecule has 0 aliphatic heterocycles. The van der Waals surface area contributed by atoms with Gasteiger partial charge in [-0.15, -0.1) is 23.2 Å². The van der Waals surface area contributed by atoms with E-state index in [2.05, 4.69) is 33.7 Å². The molecule has 7 nitrogen and oxygen atoms in total. The molecule has 0 saturated heterocycles. The monoisotopic (exact) mass is 510 g/mol. The molecule has 0 saturated carbocycles. The van der Waals surface area contributed by atoms with Gasteiger partial charge in [0.1, 0.15) is 0 Å². The summed E-state index contributed by atoms with van der Waals surface area (Å²) in [4.78, 5) is 19.5. The lowest BCUT2D eigenvalue weighted by Crippen LogP contribution is -2.27. The molecular weight excluding hydrogens is 483 g/mol. The summed E-state index contributed by atoms with van der Waals surface area (Å²) in [6.07, 6.45) is 0. The first-order valence-electron chi connectivity index (χ1n) is 11.3. The van der Waals surface area contributed by atoms with Crippen LogP contribution in [0.3, 0.4) is 0 Å². The number of aromatic nitrogens is 2. The number of benzene rings is 3. The summed E-state index contributed by atoms with van der Waals surface area (Å²) in [5.41, 5.74) is 11.6. The lowest BCUT2D eigenvalue weighted by molar-refractivity contribution is 0.102. The van der Waals surface area contributed by atoms with Gasteiger partial charge in [0.25, 0.3) is 5.91 Å². The molecule has 0 aliphatic carbocycles. The molecule has 0 bridgehead atoms. The molecule has 1 amide bonds. The summed E-state index contributed by atoms with van der Waals surface area (Å²) >= 11 is 11.9. The minimum atomic E-state index is -0.203. The Labute approximate surface area is 214 Å². The quantitative estimate of drug-likeness (QED) is 0.199. The number of nitrogens with two attached hydrogens (primary N) is 1. The maximum Gasteiger partial charge on any atom is 0.255 e. The predicted molar refractivity (Wildman–Crippen MR) is 147 cm³/mol. The zero-order valence-corrected chi connectivity index (χ0v) is 21.0. The molecule has 182 valence electrons. The lowest BCUT2D eigenvalue weighted by Gasteiger charge is -2.22. The van der Waals surface area contributed by atoms with Gasteiger partial charge in [0.2, 0.25) is 5.95 Å². The van der Waals surface area contributed by atoms with Crippen LogP contribution in [0.15, 0.2) is 66.7 Å². The minimum Gasteiger partial charge on any atom is -0.397 e. The standard InChI is InChI=1S/C26H28Cl2N6O/c1-33-24-11-10-20(34(14-12-27)15-13-28)16-23(24)32-26(33)30-17-18-6-8-19(9-7-18)25(35)31-22-5-3-2-4-21(22)29/h2-11,16H,12-15,17,29H2,1H3,(H,30,32)(H,31,35). The summed E-state index contributed by atoms with van der Waals surface area (Å²) in [6.45, 7) is 2.02. The number of nitrogens with one attached hydrogen (secondary N) is 2. The molecule has 0 atom stereocenters. The van der Waals surface area contributed by atoms with Gasteiger partial charge in [-0.2, -0.15) is 0 Å². The van der Waals surface area contributed by atoms with Crippen LogP contribution >= 0.6 is 23.2 Å². The predicted octanol–water partition coefficient (Wildman–Crippen LogP) is 5.30. The van der Waals surface area contributed by atoms with Crippen LogP contribution < -0.4 is 21.3 Å². The van der Waals surface area contributed by atoms with Crippen LogP contribution in [0.25, 0.3) is 11.0 Å². The van der Waals surface area contributed by atoms with Crippen LogP contribution in [0.1, 0.15) is 15.9 Å². The largest absolute Gasteiger partial charge is 0.397 e. The number of halogens is 2. The van der Waals surface area contributed by atoms with Gasteiger partial charge in [0, 0.05) is 49.7 Å². The number of carbonyl (C=O) groups excluding carboxylic acids is 1. The number of hydrogen-bond acceptors (Lipinski definition) is 5. The fourth-order valence-electron chi connectivity index (χ4n) is 3.88. The van der Waals surface area contributed by atoms with Crippen molar-refractivity contribution >= 4 is 63.2 Å². The van der Waals surface area contributed by atoms with Crippen LogP contribution in [0.2, 0.25) is 0 Å². The van der Waals surface area contributed by atoms with Crippen molar-refractivity contribution in [3.8, 4) is 0 Å². The highest BCUT2D eigenvalue weighted by Gasteiger charge is 2.12. The van der Waals surface area contributed by atoms with E-state index >= 15 is 0 Å². The van der Waals surface area contributed by atoms with Crippen molar-refractivity contribution in [3.05, 3.63) is 77.9 Å². The normalized spacial score (nSPS) is 10.9. The number of hydrogen-bond donors (Lipinski definition) is 3. The number of alkyl halides is 2. The van der Waals surface area contributed by atoms with Gasteiger partial charge < -0.3 is 25.8 Å². The third kappa shape index (κ3) is 5.81. The highest BCUT2D eigenvalue weighted by atomic mass is 35.5. The molecule has 0 radical (unpaired) electrons. The van der Waals surface area contributed by atoms with E-state index in [9.17, 15) is 4.79 Å². The molecule has 0 spiro atoms. The van der Waals surface area contributed by atoms with Gasteiger partial charge in [-0.1, -0.05) is 24.3 Å². The SMILES string of the molecule is Cn1c(NCc2ccc(C(=O)Nc3ccccc3N)cc2)nc2cc(N(CCCl)CCCl)ccc21. The van der Waals surface area contributed by atoms with E-state index in [1.54, 1.807) is 24.3 Å². The molecule has 1 heterocycles. The topological polar surface area (TPSA) is 88.2 Å². The van der Waals surface area contributed by atoms with E-state index in [4.69, 9.17) is 33.9 Å². The van der Waals surface area contributed by atoms with Gasteiger partial charge in [0.15, 0.2) is 0 Å². The van der Waals surface area contributed by atoms with Crippen molar-refractivity contribution in [2.75, 3.05) is 46.1 Å². The van der Waals surface area contributed by atoms with Crippen LogP contribution in [-0.2, 0) is 13.6 Å². The Morgan fingerprint density at radius 1 is 1.03 bits per heavy atom. The summed E-state index contributed by atoms with van der Waals surface area (Å²) in [6, 6.07) is 20.8. The van der Waals surface area contributed by atoms with Gasteiger partial charge in [-0.25, -0.2) is 4.98 Å². The number of rotatable bonds is 10. The summed E-state index contributed by atoms with van der Waals surface area (Å²) in [7, 11) is 1.98. The minimum absolute atomic E-state index is 0.203. The van der Waals surface area contributed by atoms with E-state index < -0.39 is 0 Å². The Balaban J connectivity index is 1.43. The Morgan fingerprint density at radius 3 is 2.43 bits per heavy atom. The first-order valence-corrected chi connectivity index (χ1v) is 12.4. The fourth-order valence-corrected chi connectivity index (χ4v) is 4.29. The number of para-hydroxylation sites is 2. The van der Waals surface area contributed by atoms with E-state index in [0.29, 0.717) is 35.2 Å². The van der Waals surface area contributed by atoms with Crippen molar-refractivity contribution in [1.29, 1.82) is 0 Å². The number of aryl methyl sites for hydroxylation is 1. The highest BCUT2D eigenvalue weighted by molar-refractivity contribution is 6.18. The fraction of sp³-hybridized carbons (Fsp3) is 0.231. The maximum atomic E-state index is 12.5. The Bertz CT molecular complexity index is 1300. The van der Waals surface area contributed by atoms with Crippen LogP contribution in [0.4, 0.5) is 23.0 Å². The van der Waals surface area contributed by atoms with Crippen LogP contribution in [-0.4, -0.2) is 40.3 Å². The molecule has 0 unspecified atom stereocenters. The third-order valence-corrected chi connectivity index (χ3v) is 6.15. The molecule has 0 fully saturated rings. The van der Waals surface area contributed by atoms with Crippen molar-refractivity contribution in [2.24, 2.45) is 7.05 Å². The van der Waals surface area contributed by atoms with E-state index in [1.807, 2.05) is 35.9 Å². The van der Waals surface area contributed by atoms with Gasteiger partial charge in [-0.3, -0.25) is 4.79 Å². The first kappa shape index (κ1) is 24.7. The number of nitrogen functional groups attached to an aromatic ring is 1. The number of fused-ring (bicyclic) bond motifs is 1. The second kappa shape index (κ2) is 11.3. The zero-order valence-electron chi connectivity index (χ0n) is 19.5. The average molecular weight is 511 g/mol. The molecule has 1 aromatic heterocycles. The molecule has 9 heteroatoms. The van der Waals surface area contributed by atoms with E-state index in [0.717, 1.165) is 41.3 Å². The molecule has 35 heavy (non-hydrogen) atoms. The highest BCUT2D eigenvalue weighted by Crippen LogP contribution is 2.25. The Kier molecular flexibility index (Phi) is 8.00. The number of imidazole rings is 1. The second-order valence-electron chi connectivity index (χ2n) is 8.12.